The Hall–Kier alpha value is -2.24. The normalized spacial score (nSPS) is 26.6. The summed E-state index contributed by atoms with van der Waals surface area (Å²) >= 11 is 1.21. The third-order valence-corrected chi connectivity index (χ3v) is 6.42. The van der Waals surface area contributed by atoms with Gasteiger partial charge in [0.15, 0.2) is 0 Å². The number of hydrogen-bond acceptors (Lipinski definition) is 6. The number of amides is 4. The highest BCUT2D eigenvalue weighted by atomic mass is 32.2. The number of urea groups is 1. The van der Waals surface area contributed by atoms with Gasteiger partial charge in [-0.15, -0.1) is 11.8 Å². The Balaban J connectivity index is 1.71. The molecular weight excluding hydrogens is 416 g/mol. The van der Waals surface area contributed by atoms with Crippen LogP contribution in [0.4, 0.5) is 19.3 Å². The number of nitrogens with one attached hydrogen (secondary N) is 3. The van der Waals surface area contributed by atoms with E-state index >= 15 is 0 Å². The van der Waals surface area contributed by atoms with E-state index in [2.05, 4.69) is 16.0 Å². The summed E-state index contributed by atoms with van der Waals surface area (Å²) in [5.74, 6) is -3.04. The molecule has 2 aliphatic heterocycles. The molecule has 2 heterocycles. The largest absolute Gasteiger partial charge is 0.327 e. The molecular formula is C19H25F2N5O3S. The number of hydrogen-bond donors (Lipinski definition) is 3. The average molecular weight is 442 g/mol. The summed E-state index contributed by atoms with van der Waals surface area (Å²) in [6.45, 7) is 2.02. The van der Waals surface area contributed by atoms with Crippen molar-refractivity contribution in [3.05, 3.63) is 29.8 Å². The van der Waals surface area contributed by atoms with Crippen molar-refractivity contribution >= 4 is 35.3 Å². The van der Waals surface area contributed by atoms with Crippen molar-refractivity contribution in [2.45, 2.75) is 37.5 Å². The molecule has 1 aromatic rings. The lowest BCUT2D eigenvalue weighted by Gasteiger charge is -2.50. The van der Waals surface area contributed by atoms with E-state index in [-0.39, 0.29) is 29.5 Å². The Morgan fingerprint density at radius 1 is 1.23 bits per heavy atom. The average Bonchev–Trinajstić information content (AvgIpc) is 2.71. The van der Waals surface area contributed by atoms with Gasteiger partial charge in [0.2, 0.25) is 11.8 Å². The molecule has 2 saturated heterocycles. The molecule has 1 aromatic carbocycles. The zero-order valence-electron chi connectivity index (χ0n) is 16.9. The number of carbonyl (C=O) groups excluding carboxylic acids is 3. The molecule has 30 heavy (non-hydrogen) atoms. The number of anilines is 1. The van der Waals surface area contributed by atoms with Crippen molar-refractivity contribution in [2.75, 3.05) is 25.2 Å². The van der Waals surface area contributed by atoms with Crippen LogP contribution in [-0.4, -0.2) is 65.2 Å². The molecule has 2 fully saturated rings. The molecule has 0 aliphatic carbocycles. The second-order valence-electron chi connectivity index (χ2n) is 7.34. The molecule has 0 radical (unpaired) electrons. The Labute approximate surface area is 177 Å². The maximum atomic E-state index is 13.8. The fourth-order valence-corrected chi connectivity index (χ4v) is 4.80. The van der Waals surface area contributed by atoms with E-state index in [0.29, 0.717) is 6.07 Å². The molecule has 8 nitrogen and oxygen atoms in total. The molecule has 0 saturated carbocycles. The van der Waals surface area contributed by atoms with Crippen molar-refractivity contribution in [3.8, 4) is 0 Å². The highest BCUT2D eigenvalue weighted by Crippen LogP contribution is 2.32. The van der Waals surface area contributed by atoms with Gasteiger partial charge in [0.1, 0.15) is 11.6 Å². The maximum Gasteiger partial charge on any atom is 0.327 e. The number of carbonyl (C=O) groups is 3. The van der Waals surface area contributed by atoms with E-state index in [4.69, 9.17) is 0 Å². The Morgan fingerprint density at radius 2 is 1.97 bits per heavy atom. The first-order valence-electron chi connectivity index (χ1n) is 9.66. The molecule has 164 valence electrons. The van der Waals surface area contributed by atoms with Crippen LogP contribution in [0.2, 0.25) is 0 Å². The van der Waals surface area contributed by atoms with E-state index < -0.39 is 35.0 Å². The summed E-state index contributed by atoms with van der Waals surface area (Å²) in [5.41, 5.74) is -0.110. The molecule has 11 heteroatoms. The smallest absolute Gasteiger partial charge is 0.323 e. The van der Waals surface area contributed by atoms with Crippen LogP contribution >= 0.6 is 11.8 Å². The van der Waals surface area contributed by atoms with Gasteiger partial charge in [0, 0.05) is 20.2 Å². The highest BCUT2D eigenvalue weighted by Gasteiger charge is 2.50. The summed E-state index contributed by atoms with van der Waals surface area (Å²) in [5, 5.41) is 8.63. The van der Waals surface area contributed by atoms with E-state index in [1.807, 2.05) is 6.92 Å². The third-order valence-electron chi connectivity index (χ3n) is 5.20. The standard InChI is InChI=1S/C19H25F2N5O3S/c1-4-5-13-23-16-15(18(28)26(3)19(29)25(16)2)17(24-13)30-9-14(27)22-12-7-6-10(20)8-11(12)21/h6-8,13,15-17,23-24H,4-5,9H2,1-3H3,(H,22,27). The molecule has 4 amide bonds. The molecule has 0 bridgehead atoms. The van der Waals surface area contributed by atoms with Gasteiger partial charge in [0.25, 0.3) is 0 Å². The molecule has 4 atom stereocenters. The van der Waals surface area contributed by atoms with Gasteiger partial charge in [0.05, 0.1) is 35.1 Å². The van der Waals surface area contributed by atoms with Gasteiger partial charge in [-0.25, -0.2) is 13.6 Å². The maximum absolute atomic E-state index is 13.8. The van der Waals surface area contributed by atoms with Crippen LogP contribution in [0, 0.1) is 17.6 Å². The lowest BCUT2D eigenvalue weighted by Crippen LogP contribution is -2.74. The van der Waals surface area contributed by atoms with Gasteiger partial charge >= 0.3 is 6.03 Å². The monoisotopic (exact) mass is 441 g/mol. The van der Waals surface area contributed by atoms with Crippen molar-refractivity contribution < 1.29 is 23.2 Å². The van der Waals surface area contributed by atoms with Gasteiger partial charge < -0.3 is 10.2 Å². The minimum Gasteiger partial charge on any atom is -0.323 e. The number of thioether (sulfide) groups is 1. The fraction of sp³-hybridized carbons (Fsp3) is 0.526. The molecule has 3 rings (SSSR count). The lowest BCUT2D eigenvalue weighted by molar-refractivity contribution is -0.140. The number of fused-ring (bicyclic) bond motifs is 1. The van der Waals surface area contributed by atoms with E-state index in [1.54, 1.807) is 7.05 Å². The summed E-state index contributed by atoms with van der Waals surface area (Å²) in [6.07, 6.45) is 1.04. The molecule has 0 spiro atoms. The number of benzene rings is 1. The molecule has 3 N–H and O–H groups in total. The van der Waals surface area contributed by atoms with E-state index in [0.717, 1.165) is 29.9 Å². The van der Waals surface area contributed by atoms with Crippen molar-refractivity contribution in [3.63, 3.8) is 0 Å². The predicted octanol–water partition coefficient (Wildman–Crippen LogP) is 1.75. The van der Waals surface area contributed by atoms with Crippen molar-refractivity contribution in [1.82, 2.24) is 20.4 Å². The minimum absolute atomic E-state index is 0.0504. The Bertz CT molecular complexity index is 842. The van der Waals surface area contributed by atoms with E-state index in [1.165, 1.54) is 23.7 Å². The number of nitrogens with zero attached hydrogens (tertiary/aromatic N) is 2. The first kappa shape index (κ1) is 22.4. The van der Waals surface area contributed by atoms with Gasteiger partial charge in [-0.3, -0.25) is 25.1 Å². The van der Waals surface area contributed by atoms with Crippen LogP contribution in [0.15, 0.2) is 18.2 Å². The fourth-order valence-electron chi connectivity index (χ4n) is 3.67. The second-order valence-corrected chi connectivity index (χ2v) is 8.47. The van der Waals surface area contributed by atoms with Gasteiger partial charge in [-0.05, 0) is 18.6 Å². The minimum atomic E-state index is -0.861. The van der Waals surface area contributed by atoms with Crippen molar-refractivity contribution in [1.29, 1.82) is 0 Å². The summed E-state index contributed by atoms with van der Waals surface area (Å²) in [7, 11) is 3.07. The lowest BCUT2D eigenvalue weighted by atomic mass is 9.96. The SMILES string of the molecule is CCCC1NC(SCC(=O)Nc2ccc(F)cc2F)C2C(=O)N(C)C(=O)N(C)C2N1. The third kappa shape index (κ3) is 4.57. The zero-order chi connectivity index (χ0) is 22.0. The summed E-state index contributed by atoms with van der Waals surface area (Å²) in [4.78, 5) is 40.0. The van der Waals surface area contributed by atoms with Crippen LogP contribution in [0.3, 0.4) is 0 Å². The second kappa shape index (κ2) is 9.27. The number of halogens is 2. The predicted molar refractivity (Wildman–Crippen MR) is 109 cm³/mol. The van der Waals surface area contributed by atoms with Gasteiger partial charge in [-0.1, -0.05) is 13.3 Å². The number of imide groups is 1. The van der Waals surface area contributed by atoms with Crippen molar-refractivity contribution in [2.24, 2.45) is 5.92 Å². The topological polar surface area (TPSA) is 93.8 Å². The van der Waals surface area contributed by atoms with Crippen LogP contribution < -0.4 is 16.0 Å². The first-order valence-corrected chi connectivity index (χ1v) is 10.7. The zero-order valence-corrected chi connectivity index (χ0v) is 17.8. The molecule has 0 aromatic heterocycles. The highest BCUT2D eigenvalue weighted by molar-refractivity contribution is 8.00. The van der Waals surface area contributed by atoms with Crippen LogP contribution in [-0.2, 0) is 9.59 Å². The van der Waals surface area contributed by atoms with Crippen LogP contribution in [0.5, 0.6) is 0 Å². The van der Waals surface area contributed by atoms with Crippen LogP contribution in [0.1, 0.15) is 19.8 Å². The first-order chi connectivity index (χ1) is 14.2. The molecule has 2 aliphatic rings. The Kier molecular flexibility index (Phi) is 6.94. The molecule has 4 unspecified atom stereocenters. The van der Waals surface area contributed by atoms with Crippen LogP contribution in [0.25, 0.3) is 0 Å². The summed E-state index contributed by atoms with van der Waals surface area (Å²) < 4.78 is 26.8. The Morgan fingerprint density at radius 3 is 2.63 bits per heavy atom. The quantitative estimate of drug-likeness (QED) is 0.623. The summed E-state index contributed by atoms with van der Waals surface area (Å²) in [6, 6.07) is 2.52. The van der Waals surface area contributed by atoms with Gasteiger partial charge in [-0.2, -0.15) is 0 Å². The number of rotatable bonds is 6. The van der Waals surface area contributed by atoms with E-state index in [9.17, 15) is 23.2 Å².